The predicted octanol–water partition coefficient (Wildman–Crippen LogP) is 4.31. The van der Waals surface area contributed by atoms with E-state index in [0.29, 0.717) is 34.3 Å². The van der Waals surface area contributed by atoms with Crippen LogP contribution in [-0.4, -0.2) is 62.6 Å². The zero-order valence-corrected chi connectivity index (χ0v) is 23.5. The average molecular weight is 572 g/mol. The summed E-state index contributed by atoms with van der Waals surface area (Å²) in [4.78, 5) is 14.0. The highest BCUT2D eigenvalue weighted by atomic mass is 35.5. The molecule has 5 rings (SSSR count). The number of hydrogen-bond donors (Lipinski definition) is 4. The topological polar surface area (TPSA) is 112 Å². The van der Waals surface area contributed by atoms with Gasteiger partial charge in [0.15, 0.2) is 5.82 Å². The number of anilines is 5. The number of nitrogens with one attached hydrogen (secondary N) is 3. The van der Waals surface area contributed by atoms with E-state index in [2.05, 4.69) is 47.3 Å². The third-order valence-corrected chi connectivity index (χ3v) is 8.02. The fraction of sp³-hybridized carbons (Fsp3) is 0.407. The number of methoxy groups -OCH3 is 1. The van der Waals surface area contributed by atoms with Gasteiger partial charge in [-0.2, -0.15) is 4.98 Å². The Hall–Kier alpha value is -3.12. The van der Waals surface area contributed by atoms with Crippen molar-refractivity contribution >= 4 is 51.3 Å². The first-order valence-corrected chi connectivity index (χ1v) is 14.7. The molecule has 3 N–H and O–H groups in total. The van der Waals surface area contributed by atoms with Crippen LogP contribution >= 0.6 is 11.6 Å². The summed E-state index contributed by atoms with van der Waals surface area (Å²) in [5, 5.41) is 6.77. The number of likely N-dealkylation sites (tertiary alicyclic amines) is 1. The minimum Gasteiger partial charge on any atom is -0.494 e. The van der Waals surface area contributed by atoms with Gasteiger partial charge in [-0.25, -0.2) is 18.1 Å². The Labute approximate surface area is 235 Å². The standard InChI is InChI=1S/C27H34ClN7O3S/c1-38-25-16-21(35-14-10-20(11-15-35)34-12-4-5-13-34)8-9-24(25)32-27-29-18-22(28)26(33-27)31-23-7-3-2-6-19(23)17-30-39(36)37/h2-3,6-9,16,18,20,39H,4-5,10-15,17H2,1H3,(H,30,36,37)(H2,29,31,32,33). The van der Waals surface area contributed by atoms with Crippen molar-refractivity contribution in [3.05, 3.63) is 59.2 Å². The minimum atomic E-state index is -2.71. The Bertz CT molecular complexity index is 1350. The number of para-hydroxylation sites is 1. The number of ether oxygens (including phenoxy) is 1. The second kappa shape index (κ2) is 12.8. The van der Waals surface area contributed by atoms with Crippen molar-refractivity contribution in [1.29, 1.82) is 0 Å². The molecule has 3 aromatic rings. The quantitative estimate of drug-likeness (QED) is 0.265. The van der Waals surface area contributed by atoms with E-state index in [1.807, 2.05) is 30.3 Å². The van der Waals surface area contributed by atoms with E-state index in [0.717, 1.165) is 30.0 Å². The SMILES string of the molecule is COc1cc(N2CCC(N3CCCC3)CC2)ccc1Nc1ncc(Cl)c(Nc2ccccc2CN[SH](=O)=O)n1. The van der Waals surface area contributed by atoms with Crippen LogP contribution < -0.4 is 25.0 Å². The molecule has 0 aliphatic carbocycles. The molecular formula is C27H34ClN7O3S. The van der Waals surface area contributed by atoms with Crippen LogP contribution in [0.2, 0.25) is 5.02 Å². The molecular weight excluding hydrogens is 538 g/mol. The smallest absolute Gasteiger partial charge is 0.229 e. The molecule has 1 aromatic heterocycles. The molecule has 0 amide bonds. The van der Waals surface area contributed by atoms with E-state index in [1.165, 1.54) is 45.0 Å². The third-order valence-electron chi connectivity index (χ3n) is 7.33. The van der Waals surface area contributed by atoms with Crippen molar-refractivity contribution in [2.45, 2.75) is 38.3 Å². The summed E-state index contributed by atoms with van der Waals surface area (Å²) in [7, 11) is -1.05. The van der Waals surface area contributed by atoms with Crippen LogP contribution in [0.4, 0.5) is 28.8 Å². The fourth-order valence-electron chi connectivity index (χ4n) is 5.28. The van der Waals surface area contributed by atoms with Gasteiger partial charge in [-0.15, -0.1) is 0 Å². The van der Waals surface area contributed by atoms with Gasteiger partial charge in [-0.05, 0) is 62.5 Å². The highest BCUT2D eigenvalue weighted by Gasteiger charge is 2.26. The molecule has 0 saturated carbocycles. The lowest BCUT2D eigenvalue weighted by atomic mass is 10.0. The molecule has 0 bridgehead atoms. The maximum Gasteiger partial charge on any atom is 0.229 e. The molecule has 39 heavy (non-hydrogen) atoms. The van der Waals surface area contributed by atoms with Crippen molar-refractivity contribution in [3.8, 4) is 5.75 Å². The first-order valence-electron chi connectivity index (χ1n) is 13.2. The van der Waals surface area contributed by atoms with Crippen LogP contribution in [0.25, 0.3) is 0 Å². The second-order valence-electron chi connectivity index (χ2n) is 9.74. The van der Waals surface area contributed by atoms with Gasteiger partial charge >= 0.3 is 0 Å². The average Bonchev–Trinajstić information content (AvgIpc) is 3.50. The Morgan fingerprint density at radius 2 is 1.79 bits per heavy atom. The van der Waals surface area contributed by atoms with Crippen molar-refractivity contribution in [2.24, 2.45) is 0 Å². The minimum absolute atomic E-state index is 0.148. The van der Waals surface area contributed by atoms with Crippen LogP contribution in [0.5, 0.6) is 5.75 Å². The highest BCUT2D eigenvalue weighted by Crippen LogP contribution is 2.34. The van der Waals surface area contributed by atoms with Crippen molar-refractivity contribution in [1.82, 2.24) is 19.6 Å². The summed E-state index contributed by atoms with van der Waals surface area (Å²) in [6, 6.07) is 14.2. The van der Waals surface area contributed by atoms with Crippen molar-refractivity contribution < 1.29 is 13.2 Å². The number of thiol groups is 1. The first-order chi connectivity index (χ1) is 19.0. The molecule has 2 fully saturated rings. The van der Waals surface area contributed by atoms with E-state index in [4.69, 9.17) is 16.3 Å². The molecule has 0 radical (unpaired) electrons. The zero-order valence-electron chi connectivity index (χ0n) is 21.9. The number of piperidine rings is 1. The van der Waals surface area contributed by atoms with Crippen molar-refractivity contribution in [3.63, 3.8) is 0 Å². The molecule has 2 aromatic carbocycles. The number of aromatic nitrogens is 2. The number of halogens is 1. The summed E-state index contributed by atoms with van der Waals surface area (Å²) in [5.41, 5.74) is 3.32. The lowest BCUT2D eigenvalue weighted by molar-refractivity contribution is 0.208. The van der Waals surface area contributed by atoms with Crippen LogP contribution in [-0.2, 0) is 17.4 Å². The number of rotatable bonds is 10. The van der Waals surface area contributed by atoms with Gasteiger partial charge in [-0.1, -0.05) is 29.8 Å². The fourth-order valence-corrected chi connectivity index (χ4v) is 5.72. The molecule has 12 heteroatoms. The Balaban J connectivity index is 1.28. The van der Waals surface area contributed by atoms with Crippen LogP contribution in [0, 0.1) is 0 Å². The third kappa shape index (κ3) is 6.91. The summed E-state index contributed by atoms with van der Waals surface area (Å²) in [6.07, 6.45) is 6.55. The van der Waals surface area contributed by atoms with Gasteiger partial charge < -0.3 is 25.2 Å². The lowest BCUT2D eigenvalue weighted by Gasteiger charge is -2.38. The summed E-state index contributed by atoms with van der Waals surface area (Å²) in [5.74, 6) is 1.44. The molecule has 2 aliphatic heterocycles. The maximum absolute atomic E-state index is 11.0. The number of hydrogen-bond acceptors (Lipinski definition) is 9. The molecule has 208 valence electrons. The maximum atomic E-state index is 11.0. The van der Waals surface area contributed by atoms with E-state index in [1.54, 1.807) is 7.11 Å². The Kier molecular flexibility index (Phi) is 9.02. The van der Waals surface area contributed by atoms with E-state index in [9.17, 15) is 8.42 Å². The second-order valence-corrected chi connectivity index (χ2v) is 11.0. The molecule has 3 heterocycles. The zero-order chi connectivity index (χ0) is 27.2. The van der Waals surface area contributed by atoms with E-state index in [-0.39, 0.29) is 6.54 Å². The molecule has 0 unspecified atom stereocenters. The predicted molar refractivity (Wildman–Crippen MR) is 156 cm³/mol. The van der Waals surface area contributed by atoms with Crippen LogP contribution in [0.15, 0.2) is 48.7 Å². The van der Waals surface area contributed by atoms with Gasteiger partial charge in [-0.3, -0.25) is 0 Å². The Morgan fingerprint density at radius 1 is 1.03 bits per heavy atom. The van der Waals surface area contributed by atoms with Crippen LogP contribution in [0.1, 0.15) is 31.2 Å². The Morgan fingerprint density at radius 3 is 2.54 bits per heavy atom. The highest BCUT2D eigenvalue weighted by molar-refractivity contribution is 7.70. The van der Waals surface area contributed by atoms with Crippen LogP contribution in [0.3, 0.4) is 0 Å². The molecule has 2 aliphatic rings. The largest absolute Gasteiger partial charge is 0.494 e. The summed E-state index contributed by atoms with van der Waals surface area (Å²) >= 11 is 6.39. The molecule has 2 saturated heterocycles. The summed E-state index contributed by atoms with van der Waals surface area (Å²) in [6.45, 7) is 4.71. The number of benzene rings is 2. The number of nitrogens with zero attached hydrogens (tertiary/aromatic N) is 4. The van der Waals surface area contributed by atoms with Gasteiger partial charge in [0.05, 0.1) is 19.0 Å². The molecule has 10 nitrogen and oxygen atoms in total. The van der Waals surface area contributed by atoms with Gasteiger partial charge in [0.25, 0.3) is 0 Å². The van der Waals surface area contributed by atoms with Gasteiger partial charge in [0, 0.05) is 43.1 Å². The molecule has 0 spiro atoms. The lowest BCUT2D eigenvalue weighted by Crippen LogP contribution is -2.43. The van der Waals surface area contributed by atoms with Crippen molar-refractivity contribution in [2.75, 3.05) is 48.8 Å². The van der Waals surface area contributed by atoms with E-state index >= 15 is 0 Å². The normalized spacial score (nSPS) is 16.5. The van der Waals surface area contributed by atoms with Gasteiger partial charge in [0.2, 0.25) is 16.8 Å². The monoisotopic (exact) mass is 571 g/mol. The first kappa shape index (κ1) is 27.4. The summed E-state index contributed by atoms with van der Waals surface area (Å²) < 4.78 is 30.1. The van der Waals surface area contributed by atoms with Gasteiger partial charge in [0.1, 0.15) is 10.8 Å². The van der Waals surface area contributed by atoms with E-state index < -0.39 is 10.9 Å². The molecule has 0 atom stereocenters.